The highest BCUT2D eigenvalue weighted by molar-refractivity contribution is 5.73. The van der Waals surface area contributed by atoms with E-state index in [1.54, 1.807) is 0 Å². The molecular weight excluding hydrogens is 266 g/mol. The van der Waals surface area contributed by atoms with Crippen molar-refractivity contribution in [2.45, 2.75) is 39.7 Å². The minimum atomic E-state index is -0.0677. The Morgan fingerprint density at radius 3 is 2.62 bits per heavy atom. The summed E-state index contributed by atoms with van der Waals surface area (Å²) in [5.41, 5.74) is 3.34. The normalized spacial score (nSPS) is 16.0. The number of anilines is 1. The molecule has 0 aliphatic carbocycles. The molecule has 2 rings (SSSR count). The summed E-state index contributed by atoms with van der Waals surface area (Å²) in [6.07, 6.45) is 2.62. The number of hydrogen-bond donors (Lipinski definition) is 1. The first-order valence-corrected chi connectivity index (χ1v) is 7.83. The van der Waals surface area contributed by atoms with E-state index >= 15 is 0 Å². The van der Waals surface area contributed by atoms with Gasteiger partial charge >= 0.3 is 5.97 Å². The molecule has 0 atom stereocenters. The molecule has 0 unspecified atom stereocenters. The van der Waals surface area contributed by atoms with Gasteiger partial charge in [-0.05, 0) is 37.8 Å². The minimum Gasteiger partial charge on any atom is -0.466 e. The van der Waals surface area contributed by atoms with E-state index in [4.69, 9.17) is 4.74 Å². The molecule has 4 heteroatoms. The van der Waals surface area contributed by atoms with E-state index in [1.807, 2.05) is 13.0 Å². The molecule has 21 heavy (non-hydrogen) atoms. The van der Waals surface area contributed by atoms with Crippen LogP contribution in [0.15, 0.2) is 18.2 Å². The lowest BCUT2D eigenvalue weighted by molar-refractivity contribution is -0.148. The fourth-order valence-corrected chi connectivity index (χ4v) is 2.87. The van der Waals surface area contributed by atoms with Gasteiger partial charge in [0.2, 0.25) is 0 Å². The van der Waals surface area contributed by atoms with Gasteiger partial charge in [0.1, 0.15) is 0 Å². The first-order chi connectivity index (χ1) is 10.2. The third-order valence-electron chi connectivity index (χ3n) is 4.18. The van der Waals surface area contributed by atoms with E-state index in [0.717, 1.165) is 43.6 Å². The lowest BCUT2D eigenvalue weighted by Crippen LogP contribution is -2.37. The van der Waals surface area contributed by atoms with Crippen LogP contribution in [0.25, 0.3) is 0 Å². The molecule has 4 nitrogen and oxygen atoms in total. The van der Waals surface area contributed by atoms with Gasteiger partial charge in [0.25, 0.3) is 0 Å². The number of hydrogen-bond acceptors (Lipinski definition) is 4. The predicted octanol–water partition coefficient (Wildman–Crippen LogP) is 2.52. The maximum atomic E-state index is 11.8. The van der Waals surface area contributed by atoms with Crippen LogP contribution in [0.2, 0.25) is 0 Å². The van der Waals surface area contributed by atoms with Crippen LogP contribution in [0.3, 0.4) is 0 Å². The zero-order chi connectivity index (χ0) is 15.2. The first kappa shape index (κ1) is 15.8. The number of esters is 1. The van der Waals surface area contributed by atoms with Crippen LogP contribution in [0, 0.1) is 5.92 Å². The van der Waals surface area contributed by atoms with Gasteiger partial charge in [-0.1, -0.05) is 19.1 Å². The van der Waals surface area contributed by atoms with Gasteiger partial charge in [-0.2, -0.15) is 0 Å². The van der Waals surface area contributed by atoms with Gasteiger partial charge in [0, 0.05) is 24.3 Å². The van der Waals surface area contributed by atoms with Crippen molar-refractivity contribution < 1.29 is 14.6 Å². The van der Waals surface area contributed by atoms with Crippen LogP contribution in [-0.2, 0) is 22.6 Å². The predicted molar refractivity (Wildman–Crippen MR) is 83.3 cm³/mol. The van der Waals surface area contributed by atoms with Gasteiger partial charge in [-0.25, -0.2) is 0 Å². The molecule has 0 aromatic heterocycles. The molecule has 1 heterocycles. The zero-order valence-corrected chi connectivity index (χ0v) is 13.0. The maximum absolute atomic E-state index is 11.8. The van der Waals surface area contributed by atoms with Crippen molar-refractivity contribution in [3.8, 4) is 0 Å². The van der Waals surface area contributed by atoms with Crippen LogP contribution in [0.1, 0.15) is 37.8 Å². The molecule has 1 aliphatic heterocycles. The van der Waals surface area contributed by atoms with E-state index in [2.05, 4.69) is 24.0 Å². The average Bonchev–Trinajstić information content (AvgIpc) is 2.54. The van der Waals surface area contributed by atoms with Crippen LogP contribution >= 0.6 is 0 Å². The lowest BCUT2D eigenvalue weighted by Gasteiger charge is -2.34. The third kappa shape index (κ3) is 3.76. The monoisotopic (exact) mass is 291 g/mol. The highest BCUT2D eigenvalue weighted by Gasteiger charge is 2.26. The van der Waals surface area contributed by atoms with Gasteiger partial charge in [0.05, 0.1) is 19.1 Å². The number of ether oxygens (including phenoxy) is 1. The Labute approximate surface area is 126 Å². The summed E-state index contributed by atoms with van der Waals surface area (Å²) in [5, 5.41) is 9.52. The molecule has 0 amide bonds. The standard InChI is InChI=1S/C17H25NO3/c1-3-13-5-6-15(12-19)16(11-13)18-9-7-14(8-10-18)17(20)21-4-2/h5-6,11,14,19H,3-4,7-10,12H2,1-2H3. The fourth-order valence-electron chi connectivity index (χ4n) is 2.87. The second-order valence-corrected chi connectivity index (χ2v) is 5.49. The summed E-state index contributed by atoms with van der Waals surface area (Å²) in [4.78, 5) is 14.1. The molecule has 116 valence electrons. The maximum Gasteiger partial charge on any atom is 0.309 e. The fraction of sp³-hybridized carbons (Fsp3) is 0.588. The summed E-state index contributed by atoms with van der Waals surface area (Å²) in [7, 11) is 0. The first-order valence-electron chi connectivity index (χ1n) is 7.83. The number of aliphatic hydroxyl groups is 1. The van der Waals surface area contributed by atoms with Crippen molar-refractivity contribution in [2.24, 2.45) is 5.92 Å². The second kappa shape index (κ2) is 7.46. The lowest BCUT2D eigenvalue weighted by atomic mass is 9.95. The number of aryl methyl sites for hydroxylation is 1. The van der Waals surface area contributed by atoms with Crippen LogP contribution in [0.5, 0.6) is 0 Å². The highest BCUT2D eigenvalue weighted by Crippen LogP contribution is 2.28. The number of carbonyl (C=O) groups excluding carboxylic acids is 1. The molecule has 1 aromatic rings. The molecule has 0 bridgehead atoms. The van der Waals surface area contributed by atoms with Crippen LogP contribution in [0.4, 0.5) is 5.69 Å². The minimum absolute atomic E-state index is 0.0214. The molecule has 1 fully saturated rings. The van der Waals surface area contributed by atoms with Crippen molar-refractivity contribution in [3.63, 3.8) is 0 Å². The molecule has 1 aliphatic rings. The Bertz CT molecular complexity index is 479. The Balaban J connectivity index is 2.06. The molecule has 1 aromatic carbocycles. The van der Waals surface area contributed by atoms with E-state index in [1.165, 1.54) is 5.56 Å². The molecule has 0 radical (unpaired) electrons. The van der Waals surface area contributed by atoms with Crippen molar-refractivity contribution in [3.05, 3.63) is 29.3 Å². The van der Waals surface area contributed by atoms with E-state index in [9.17, 15) is 9.90 Å². The van der Waals surface area contributed by atoms with Crippen molar-refractivity contribution >= 4 is 11.7 Å². The number of piperidine rings is 1. The Morgan fingerprint density at radius 2 is 2.05 bits per heavy atom. The number of nitrogens with zero attached hydrogens (tertiary/aromatic N) is 1. The van der Waals surface area contributed by atoms with Crippen molar-refractivity contribution in [2.75, 3.05) is 24.6 Å². The van der Waals surface area contributed by atoms with Crippen molar-refractivity contribution in [1.29, 1.82) is 0 Å². The van der Waals surface area contributed by atoms with Gasteiger partial charge in [0.15, 0.2) is 0 Å². The molecule has 0 saturated carbocycles. The SMILES string of the molecule is CCOC(=O)C1CCN(c2cc(CC)ccc2CO)CC1. The Kier molecular flexibility index (Phi) is 5.62. The van der Waals surface area contributed by atoms with Gasteiger partial charge < -0.3 is 14.7 Å². The molecule has 0 spiro atoms. The third-order valence-corrected chi connectivity index (χ3v) is 4.18. The summed E-state index contributed by atoms with van der Waals surface area (Å²) in [6, 6.07) is 6.24. The number of carbonyl (C=O) groups is 1. The summed E-state index contributed by atoms with van der Waals surface area (Å²) in [5.74, 6) is -0.0463. The number of benzene rings is 1. The Hall–Kier alpha value is -1.55. The Morgan fingerprint density at radius 1 is 1.33 bits per heavy atom. The topological polar surface area (TPSA) is 49.8 Å². The summed E-state index contributed by atoms with van der Waals surface area (Å²) < 4.78 is 5.11. The smallest absolute Gasteiger partial charge is 0.309 e. The number of rotatable bonds is 5. The number of aliphatic hydroxyl groups excluding tert-OH is 1. The molecule has 1 N–H and O–H groups in total. The van der Waals surface area contributed by atoms with Gasteiger partial charge in [-0.15, -0.1) is 0 Å². The van der Waals surface area contributed by atoms with Crippen molar-refractivity contribution in [1.82, 2.24) is 0 Å². The summed E-state index contributed by atoms with van der Waals surface area (Å²) >= 11 is 0. The highest BCUT2D eigenvalue weighted by atomic mass is 16.5. The largest absolute Gasteiger partial charge is 0.466 e. The summed E-state index contributed by atoms with van der Waals surface area (Å²) in [6.45, 7) is 6.15. The zero-order valence-electron chi connectivity index (χ0n) is 13.0. The van der Waals surface area contributed by atoms with Crippen LogP contribution in [-0.4, -0.2) is 30.8 Å². The van der Waals surface area contributed by atoms with Gasteiger partial charge in [-0.3, -0.25) is 4.79 Å². The second-order valence-electron chi connectivity index (χ2n) is 5.49. The van der Waals surface area contributed by atoms with E-state index in [-0.39, 0.29) is 18.5 Å². The average molecular weight is 291 g/mol. The van der Waals surface area contributed by atoms with E-state index in [0.29, 0.717) is 6.61 Å². The molecule has 1 saturated heterocycles. The molecular formula is C17H25NO3. The van der Waals surface area contributed by atoms with Crippen LogP contribution < -0.4 is 4.90 Å². The quantitative estimate of drug-likeness (QED) is 0.847. The van der Waals surface area contributed by atoms with E-state index < -0.39 is 0 Å².